The number of carboxylic acids is 2. The van der Waals surface area contributed by atoms with Gasteiger partial charge in [-0.15, -0.1) is 0 Å². The molecule has 0 saturated carbocycles. The van der Waals surface area contributed by atoms with Crippen molar-refractivity contribution in [2.24, 2.45) is 22.9 Å². The van der Waals surface area contributed by atoms with Crippen LogP contribution in [-0.4, -0.2) is 82.4 Å². The summed E-state index contributed by atoms with van der Waals surface area (Å²) in [6.45, 7) is 0.278. The summed E-state index contributed by atoms with van der Waals surface area (Å²) in [4.78, 5) is 82.1. The maximum Gasteiger partial charge on any atom is 0.326 e. The molecule has 0 saturated heterocycles. The SMILES string of the molecule is NCCCCC(NC(=O)C(CC(N)=O)NC(=O)C(N)CC(=O)O)C(=O)NC(CCC(N)=O)C(=O)O. The van der Waals surface area contributed by atoms with Crippen molar-refractivity contribution in [2.75, 3.05) is 6.54 Å². The van der Waals surface area contributed by atoms with Crippen molar-refractivity contribution in [2.45, 2.75) is 69.1 Å². The zero-order chi connectivity index (χ0) is 27.1. The van der Waals surface area contributed by atoms with Gasteiger partial charge in [-0.2, -0.15) is 0 Å². The van der Waals surface area contributed by atoms with Crippen molar-refractivity contribution in [1.82, 2.24) is 16.0 Å². The Morgan fingerprint density at radius 2 is 1.23 bits per heavy atom. The van der Waals surface area contributed by atoms with Gasteiger partial charge in [0.2, 0.25) is 29.5 Å². The topological polar surface area (TPSA) is 300 Å². The van der Waals surface area contributed by atoms with Gasteiger partial charge in [0, 0.05) is 6.42 Å². The lowest BCUT2D eigenvalue weighted by Crippen LogP contribution is -2.57. The first kappa shape index (κ1) is 31.2. The lowest BCUT2D eigenvalue weighted by atomic mass is 10.0. The molecule has 0 fully saturated rings. The molecule has 16 heteroatoms. The van der Waals surface area contributed by atoms with Crippen LogP contribution in [0.3, 0.4) is 0 Å². The summed E-state index contributed by atoms with van der Waals surface area (Å²) in [6, 6.07) is -5.89. The van der Waals surface area contributed by atoms with Crippen molar-refractivity contribution in [3.05, 3.63) is 0 Å². The minimum atomic E-state index is -1.59. The quantitative estimate of drug-likeness (QED) is 0.0804. The Morgan fingerprint density at radius 3 is 1.71 bits per heavy atom. The normalized spacial score (nSPS) is 14.0. The zero-order valence-corrected chi connectivity index (χ0v) is 19.0. The summed E-state index contributed by atoms with van der Waals surface area (Å²) in [7, 11) is 0. The number of rotatable bonds is 18. The van der Waals surface area contributed by atoms with Crippen molar-refractivity contribution in [3.8, 4) is 0 Å². The van der Waals surface area contributed by atoms with E-state index in [0.29, 0.717) is 12.8 Å². The van der Waals surface area contributed by atoms with Crippen LogP contribution in [0, 0.1) is 0 Å². The average molecular weight is 504 g/mol. The highest BCUT2D eigenvalue weighted by atomic mass is 16.4. The van der Waals surface area contributed by atoms with Gasteiger partial charge in [-0.3, -0.25) is 28.8 Å². The largest absolute Gasteiger partial charge is 0.481 e. The Morgan fingerprint density at radius 1 is 0.686 bits per heavy atom. The van der Waals surface area contributed by atoms with Crippen molar-refractivity contribution in [3.63, 3.8) is 0 Å². The first-order valence-corrected chi connectivity index (χ1v) is 10.7. The van der Waals surface area contributed by atoms with E-state index >= 15 is 0 Å². The van der Waals surface area contributed by atoms with E-state index in [1.54, 1.807) is 0 Å². The zero-order valence-electron chi connectivity index (χ0n) is 19.0. The Balaban J connectivity index is 5.56. The molecular weight excluding hydrogens is 470 g/mol. The molecule has 13 N–H and O–H groups in total. The van der Waals surface area contributed by atoms with Crippen LogP contribution >= 0.6 is 0 Å². The lowest BCUT2D eigenvalue weighted by Gasteiger charge is -2.24. The summed E-state index contributed by atoms with van der Waals surface area (Å²) >= 11 is 0. The molecule has 0 rings (SSSR count). The summed E-state index contributed by atoms with van der Waals surface area (Å²) in [5.41, 5.74) is 21.0. The molecule has 198 valence electrons. The van der Waals surface area contributed by atoms with Gasteiger partial charge < -0.3 is 49.1 Å². The van der Waals surface area contributed by atoms with Crippen LogP contribution in [0.15, 0.2) is 0 Å². The molecule has 0 heterocycles. The fourth-order valence-corrected chi connectivity index (χ4v) is 2.82. The van der Waals surface area contributed by atoms with E-state index in [4.69, 9.17) is 28.0 Å². The molecule has 0 aromatic heterocycles. The Labute approximate surface area is 200 Å². The van der Waals surface area contributed by atoms with Gasteiger partial charge >= 0.3 is 11.9 Å². The number of hydrogen-bond acceptors (Lipinski definition) is 9. The molecule has 0 aliphatic rings. The van der Waals surface area contributed by atoms with E-state index in [2.05, 4.69) is 16.0 Å². The second-order valence-electron chi connectivity index (χ2n) is 7.69. The third-order valence-corrected chi connectivity index (χ3v) is 4.64. The van der Waals surface area contributed by atoms with E-state index in [1.165, 1.54) is 0 Å². The minimum Gasteiger partial charge on any atom is -0.481 e. The number of aliphatic carboxylic acids is 2. The van der Waals surface area contributed by atoms with Crippen molar-refractivity contribution in [1.29, 1.82) is 0 Å². The standard InChI is InChI=1S/C19H33N7O9/c20-6-2-1-3-10(17(32)25-11(19(34)35)4-5-13(22)27)24-18(33)12(8-14(23)28)26-16(31)9(21)7-15(29)30/h9-12H,1-8,20-21H2,(H2,22,27)(H2,23,28)(H,24,33)(H,25,32)(H,26,31)(H,29,30)(H,34,35). The highest BCUT2D eigenvalue weighted by molar-refractivity contribution is 5.96. The number of carbonyl (C=O) groups is 7. The number of amides is 5. The summed E-state index contributed by atoms with van der Waals surface area (Å²) < 4.78 is 0. The molecule has 0 spiro atoms. The van der Waals surface area contributed by atoms with Crippen LogP contribution in [0.5, 0.6) is 0 Å². The number of carboxylic acid groups (broad SMARTS) is 2. The summed E-state index contributed by atoms with van der Waals surface area (Å²) in [5.74, 6) is -7.53. The van der Waals surface area contributed by atoms with Crippen LogP contribution in [-0.2, 0) is 33.6 Å². The van der Waals surface area contributed by atoms with Crippen molar-refractivity contribution >= 4 is 41.5 Å². The molecular formula is C19H33N7O9. The van der Waals surface area contributed by atoms with Crippen LogP contribution in [0.2, 0.25) is 0 Å². The van der Waals surface area contributed by atoms with Gasteiger partial charge in [-0.05, 0) is 32.2 Å². The Hall–Kier alpha value is -3.79. The van der Waals surface area contributed by atoms with Crippen molar-refractivity contribution < 1.29 is 43.8 Å². The fraction of sp³-hybridized carbons (Fsp3) is 0.632. The van der Waals surface area contributed by atoms with Crippen LogP contribution in [0.25, 0.3) is 0 Å². The highest BCUT2D eigenvalue weighted by Crippen LogP contribution is 2.06. The van der Waals surface area contributed by atoms with Gasteiger partial charge in [0.25, 0.3) is 0 Å². The van der Waals surface area contributed by atoms with Gasteiger partial charge in [0.15, 0.2) is 0 Å². The molecule has 0 radical (unpaired) electrons. The number of primary amides is 2. The molecule has 0 aliphatic heterocycles. The molecule has 0 aromatic carbocycles. The predicted octanol–water partition coefficient (Wildman–Crippen LogP) is -4.40. The van der Waals surface area contributed by atoms with Gasteiger partial charge in [-0.1, -0.05) is 0 Å². The molecule has 35 heavy (non-hydrogen) atoms. The van der Waals surface area contributed by atoms with E-state index in [-0.39, 0.29) is 25.8 Å². The molecule has 0 bridgehead atoms. The molecule has 5 amide bonds. The maximum atomic E-state index is 12.8. The number of unbranched alkanes of at least 4 members (excludes halogenated alkanes) is 1. The Kier molecular flexibility index (Phi) is 14.2. The second kappa shape index (κ2) is 15.9. The average Bonchev–Trinajstić information content (AvgIpc) is 2.73. The number of carbonyl (C=O) groups excluding carboxylic acids is 5. The first-order valence-electron chi connectivity index (χ1n) is 10.7. The predicted molar refractivity (Wildman–Crippen MR) is 119 cm³/mol. The smallest absolute Gasteiger partial charge is 0.326 e. The monoisotopic (exact) mass is 503 g/mol. The molecule has 4 atom stereocenters. The van der Waals surface area contributed by atoms with Crippen LogP contribution in [0.4, 0.5) is 0 Å². The Bertz CT molecular complexity index is 806. The fourth-order valence-electron chi connectivity index (χ4n) is 2.82. The van der Waals surface area contributed by atoms with Gasteiger partial charge in [0.05, 0.1) is 18.9 Å². The van der Waals surface area contributed by atoms with Gasteiger partial charge in [-0.25, -0.2) is 4.79 Å². The van der Waals surface area contributed by atoms with Crippen LogP contribution in [0.1, 0.15) is 44.9 Å². The second-order valence-corrected chi connectivity index (χ2v) is 7.69. The van der Waals surface area contributed by atoms with E-state index < -0.39 is 78.5 Å². The van der Waals surface area contributed by atoms with E-state index in [1.807, 2.05) is 0 Å². The molecule has 0 aromatic rings. The summed E-state index contributed by atoms with van der Waals surface area (Å²) in [6.07, 6.45) is -1.20. The minimum absolute atomic E-state index is 0.0205. The third kappa shape index (κ3) is 13.5. The highest BCUT2D eigenvalue weighted by Gasteiger charge is 2.31. The number of nitrogens with two attached hydrogens (primary N) is 4. The van der Waals surface area contributed by atoms with Crippen LogP contribution < -0.4 is 38.9 Å². The maximum absolute atomic E-state index is 12.8. The molecule has 16 nitrogen and oxygen atoms in total. The van der Waals surface area contributed by atoms with Gasteiger partial charge in [0.1, 0.15) is 18.1 Å². The van der Waals surface area contributed by atoms with E-state index in [9.17, 15) is 38.7 Å². The first-order chi connectivity index (χ1) is 16.3. The number of hydrogen-bond donors (Lipinski definition) is 9. The van der Waals surface area contributed by atoms with E-state index in [0.717, 1.165) is 0 Å². The molecule has 0 aliphatic carbocycles. The number of nitrogens with one attached hydrogen (secondary N) is 3. The summed E-state index contributed by atoms with van der Waals surface area (Å²) in [5, 5.41) is 24.7. The third-order valence-electron chi connectivity index (χ3n) is 4.64. The lowest BCUT2D eigenvalue weighted by molar-refractivity contribution is -0.142. The molecule has 4 unspecified atom stereocenters.